The van der Waals surface area contributed by atoms with Crippen LogP contribution in [0.25, 0.3) is 10.9 Å². The summed E-state index contributed by atoms with van der Waals surface area (Å²) in [6, 6.07) is 22.8. The lowest BCUT2D eigenvalue weighted by molar-refractivity contribution is 0.0596. The second-order valence-electron chi connectivity index (χ2n) is 8.28. The maximum Gasteiger partial charge on any atom is 0.339 e. The van der Waals surface area contributed by atoms with E-state index in [9.17, 15) is 18.0 Å². The van der Waals surface area contributed by atoms with Crippen LogP contribution in [0.1, 0.15) is 27.0 Å². The average molecular weight is 491 g/mol. The highest BCUT2D eigenvalue weighted by Crippen LogP contribution is 2.24. The van der Waals surface area contributed by atoms with Gasteiger partial charge in [-0.25, -0.2) is 13.2 Å². The number of sulfonamides is 1. The Bertz CT molecular complexity index is 1530. The molecule has 0 radical (unpaired) electrons. The van der Waals surface area contributed by atoms with E-state index in [1.54, 1.807) is 18.2 Å². The molecular formula is C27H26N2O5S. The largest absolute Gasteiger partial charge is 0.465 e. The summed E-state index contributed by atoms with van der Waals surface area (Å²) in [5.41, 5.74) is 2.56. The number of hydrogen-bond donors (Lipinski definition) is 1. The smallest absolute Gasteiger partial charge is 0.339 e. The van der Waals surface area contributed by atoms with Crippen LogP contribution in [0, 0.1) is 6.92 Å². The first-order valence-corrected chi connectivity index (χ1v) is 12.6. The molecule has 180 valence electrons. The van der Waals surface area contributed by atoms with Gasteiger partial charge in [-0.1, -0.05) is 54.1 Å². The summed E-state index contributed by atoms with van der Waals surface area (Å²) in [6.45, 7) is 1.92. The Hall–Kier alpha value is -3.75. The fraction of sp³-hybridized carbons (Fsp3) is 0.185. The molecule has 3 aromatic carbocycles. The average Bonchev–Trinajstić information content (AvgIpc) is 2.87. The molecule has 0 saturated heterocycles. The van der Waals surface area contributed by atoms with E-state index in [-0.39, 0.29) is 29.1 Å². The lowest BCUT2D eigenvalue weighted by Crippen LogP contribution is -2.35. The third kappa shape index (κ3) is 5.34. The first-order chi connectivity index (χ1) is 16.8. The van der Waals surface area contributed by atoms with Crippen LogP contribution in [0.4, 0.5) is 0 Å². The van der Waals surface area contributed by atoms with Crippen molar-refractivity contribution in [1.29, 1.82) is 0 Å². The van der Waals surface area contributed by atoms with Crippen molar-refractivity contribution in [2.24, 2.45) is 0 Å². The summed E-state index contributed by atoms with van der Waals surface area (Å²) < 4.78 is 33.7. The maximum absolute atomic E-state index is 13.8. The molecule has 4 aromatic rings. The van der Waals surface area contributed by atoms with Gasteiger partial charge in [-0.2, -0.15) is 4.31 Å². The maximum atomic E-state index is 13.8. The van der Waals surface area contributed by atoms with Gasteiger partial charge in [-0.15, -0.1) is 0 Å². The summed E-state index contributed by atoms with van der Waals surface area (Å²) in [5, 5.41) is 0.815. The minimum Gasteiger partial charge on any atom is -0.465 e. The van der Waals surface area contributed by atoms with E-state index < -0.39 is 16.0 Å². The number of aryl methyl sites for hydroxylation is 1. The molecule has 7 nitrogen and oxygen atoms in total. The van der Waals surface area contributed by atoms with Gasteiger partial charge in [0.25, 0.3) is 5.56 Å². The molecular weight excluding hydrogens is 464 g/mol. The van der Waals surface area contributed by atoms with Crippen molar-refractivity contribution in [3.05, 3.63) is 111 Å². The molecule has 0 atom stereocenters. The minimum atomic E-state index is -4.15. The van der Waals surface area contributed by atoms with Gasteiger partial charge >= 0.3 is 5.97 Å². The van der Waals surface area contributed by atoms with Crippen LogP contribution in [0.3, 0.4) is 0 Å². The predicted molar refractivity (Wildman–Crippen MR) is 135 cm³/mol. The minimum absolute atomic E-state index is 0.0530. The van der Waals surface area contributed by atoms with Gasteiger partial charge in [0.1, 0.15) is 0 Å². The zero-order valence-electron chi connectivity index (χ0n) is 19.5. The molecule has 0 bridgehead atoms. The normalized spacial score (nSPS) is 11.6. The van der Waals surface area contributed by atoms with Crippen LogP contribution in [-0.4, -0.2) is 37.3 Å². The Kier molecular flexibility index (Phi) is 7.14. The van der Waals surface area contributed by atoms with Crippen LogP contribution < -0.4 is 5.56 Å². The van der Waals surface area contributed by atoms with Crippen LogP contribution in [0.2, 0.25) is 0 Å². The monoisotopic (exact) mass is 490 g/mol. The number of hydrogen-bond acceptors (Lipinski definition) is 5. The van der Waals surface area contributed by atoms with Crippen molar-refractivity contribution in [3.63, 3.8) is 0 Å². The van der Waals surface area contributed by atoms with E-state index in [1.165, 1.54) is 23.5 Å². The zero-order valence-corrected chi connectivity index (χ0v) is 20.3. The quantitative estimate of drug-likeness (QED) is 0.376. The molecule has 0 saturated carbocycles. The fourth-order valence-electron chi connectivity index (χ4n) is 3.97. The summed E-state index contributed by atoms with van der Waals surface area (Å²) in [7, 11) is -2.95. The van der Waals surface area contributed by atoms with E-state index >= 15 is 0 Å². The second-order valence-corrected chi connectivity index (χ2v) is 10.2. The van der Waals surface area contributed by atoms with Gasteiger partial charge in [-0.05, 0) is 54.6 Å². The molecule has 1 N–H and O–H groups in total. The van der Waals surface area contributed by atoms with Crippen molar-refractivity contribution in [1.82, 2.24) is 9.29 Å². The van der Waals surface area contributed by atoms with E-state index in [0.717, 1.165) is 16.5 Å². The number of rotatable bonds is 8. The lowest BCUT2D eigenvalue weighted by Gasteiger charge is -2.23. The van der Waals surface area contributed by atoms with Gasteiger partial charge in [0.15, 0.2) is 0 Å². The number of esters is 1. The van der Waals surface area contributed by atoms with Gasteiger partial charge in [-0.3, -0.25) is 4.79 Å². The zero-order chi connectivity index (χ0) is 25.0. The van der Waals surface area contributed by atoms with Crippen LogP contribution in [0.15, 0.2) is 88.6 Å². The molecule has 0 aliphatic heterocycles. The Morgan fingerprint density at radius 2 is 1.69 bits per heavy atom. The van der Waals surface area contributed by atoms with Gasteiger partial charge in [0.2, 0.25) is 10.0 Å². The number of nitrogens with zero attached hydrogens (tertiary/aromatic N) is 1. The summed E-state index contributed by atoms with van der Waals surface area (Å²) in [4.78, 5) is 27.9. The van der Waals surface area contributed by atoms with Gasteiger partial charge in [0.05, 0.1) is 17.6 Å². The molecule has 1 heterocycles. The highest BCUT2D eigenvalue weighted by molar-refractivity contribution is 7.89. The first-order valence-electron chi connectivity index (χ1n) is 11.1. The number of nitrogens with one attached hydrogen (secondary N) is 1. The SMILES string of the molecule is COC(=O)c1ccccc1S(=O)(=O)N(CCc1ccccc1)Cc1cc2cc(C)ccc2[nH]c1=O. The Morgan fingerprint density at radius 3 is 2.43 bits per heavy atom. The number of pyridine rings is 1. The Balaban J connectivity index is 1.77. The van der Waals surface area contributed by atoms with E-state index in [2.05, 4.69) is 4.98 Å². The molecule has 0 aliphatic rings. The van der Waals surface area contributed by atoms with Crippen molar-refractivity contribution < 1.29 is 17.9 Å². The number of H-pyrrole nitrogens is 1. The number of methoxy groups -OCH3 is 1. The highest BCUT2D eigenvalue weighted by Gasteiger charge is 2.30. The molecule has 4 rings (SSSR count). The lowest BCUT2D eigenvalue weighted by atomic mass is 10.1. The third-order valence-corrected chi connectivity index (χ3v) is 7.73. The number of fused-ring (bicyclic) bond motifs is 1. The number of ether oxygens (including phenoxy) is 1. The third-order valence-electron chi connectivity index (χ3n) is 5.83. The molecule has 0 unspecified atom stereocenters. The van der Waals surface area contributed by atoms with E-state index in [4.69, 9.17) is 4.74 Å². The van der Waals surface area contributed by atoms with E-state index in [0.29, 0.717) is 17.5 Å². The molecule has 8 heteroatoms. The highest BCUT2D eigenvalue weighted by atomic mass is 32.2. The number of aromatic amines is 1. The topological polar surface area (TPSA) is 96.5 Å². The van der Waals surface area contributed by atoms with Gasteiger partial charge in [0, 0.05) is 24.2 Å². The Morgan fingerprint density at radius 1 is 0.971 bits per heavy atom. The molecule has 35 heavy (non-hydrogen) atoms. The van der Waals surface area contributed by atoms with Crippen LogP contribution in [0.5, 0.6) is 0 Å². The molecule has 0 amide bonds. The van der Waals surface area contributed by atoms with Crippen molar-refractivity contribution in [2.75, 3.05) is 13.7 Å². The molecule has 0 spiro atoms. The van der Waals surface area contributed by atoms with Crippen molar-refractivity contribution in [2.45, 2.75) is 24.8 Å². The standard InChI is InChI=1S/C27H26N2O5S/c1-19-12-13-24-21(16-19)17-22(26(30)28-24)18-29(15-14-20-8-4-3-5-9-20)35(32,33)25-11-7-6-10-23(25)27(31)34-2/h3-13,16-17H,14-15,18H2,1-2H3,(H,28,30). The van der Waals surface area contributed by atoms with Gasteiger partial charge < -0.3 is 9.72 Å². The summed E-state index contributed by atoms with van der Waals surface area (Å²) in [6.07, 6.45) is 0.436. The first kappa shape index (κ1) is 24.4. The number of carbonyl (C=O) groups is 1. The van der Waals surface area contributed by atoms with Crippen molar-refractivity contribution >= 4 is 26.9 Å². The Labute approximate surface area is 204 Å². The number of benzene rings is 3. The second kappa shape index (κ2) is 10.2. The molecule has 1 aromatic heterocycles. The number of aromatic nitrogens is 1. The van der Waals surface area contributed by atoms with E-state index in [1.807, 2.05) is 55.5 Å². The van der Waals surface area contributed by atoms with Crippen LogP contribution in [-0.2, 0) is 27.7 Å². The summed E-state index contributed by atoms with van der Waals surface area (Å²) in [5.74, 6) is -0.744. The summed E-state index contributed by atoms with van der Waals surface area (Å²) >= 11 is 0. The molecule has 0 aliphatic carbocycles. The molecule has 0 fully saturated rings. The number of carbonyl (C=O) groups excluding carboxylic acids is 1. The predicted octanol–water partition coefficient (Wildman–Crippen LogP) is 4.06. The van der Waals surface area contributed by atoms with Crippen LogP contribution >= 0.6 is 0 Å². The fourth-order valence-corrected chi connectivity index (χ4v) is 5.57. The van der Waals surface area contributed by atoms with Crippen molar-refractivity contribution in [3.8, 4) is 0 Å².